The van der Waals surface area contributed by atoms with E-state index in [0.717, 1.165) is 38.0 Å². The van der Waals surface area contributed by atoms with Gasteiger partial charge in [-0.2, -0.15) is 0 Å². The van der Waals surface area contributed by atoms with Crippen molar-refractivity contribution in [2.24, 2.45) is 5.73 Å². The van der Waals surface area contributed by atoms with E-state index in [4.69, 9.17) is 10.3 Å². The summed E-state index contributed by atoms with van der Waals surface area (Å²) in [7, 11) is 0. The van der Waals surface area contributed by atoms with E-state index in [1.54, 1.807) is 6.26 Å². The van der Waals surface area contributed by atoms with Crippen molar-refractivity contribution in [3.63, 3.8) is 0 Å². The van der Waals surface area contributed by atoms with Crippen molar-refractivity contribution >= 4 is 0 Å². The number of nitrogens with zero attached hydrogens (tertiary/aromatic N) is 1. The van der Waals surface area contributed by atoms with E-state index in [9.17, 15) is 0 Å². The molecule has 4 nitrogen and oxygen atoms in total. The first kappa shape index (κ1) is 8.44. The summed E-state index contributed by atoms with van der Waals surface area (Å²) in [5, 5.41) is 7.51. The zero-order valence-electron chi connectivity index (χ0n) is 8.12. The largest absolute Gasteiger partial charge is 0.364 e. The lowest BCUT2D eigenvalue weighted by atomic mass is 9.74. The molecule has 0 radical (unpaired) electrons. The van der Waals surface area contributed by atoms with E-state index in [0.29, 0.717) is 0 Å². The highest BCUT2D eigenvalue weighted by molar-refractivity contribution is 5.35. The zero-order chi connectivity index (χ0) is 9.60. The normalized spacial score (nSPS) is 29.4. The smallest absolute Gasteiger partial charge is 0.127 e. The van der Waals surface area contributed by atoms with Crippen molar-refractivity contribution in [3.05, 3.63) is 17.5 Å². The summed E-state index contributed by atoms with van der Waals surface area (Å²) in [5.41, 5.74) is 8.69. The summed E-state index contributed by atoms with van der Waals surface area (Å²) >= 11 is 0. The zero-order valence-corrected chi connectivity index (χ0v) is 8.12. The van der Waals surface area contributed by atoms with Gasteiger partial charge >= 0.3 is 0 Å². The Balaban J connectivity index is 2.05. The van der Waals surface area contributed by atoms with Crippen LogP contribution >= 0.6 is 0 Å². The van der Waals surface area contributed by atoms with Crippen molar-refractivity contribution in [1.29, 1.82) is 0 Å². The molecule has 0 unspecified atom stereocenters. The van der Waals surface area contributed by atoms with Gasteiger partial charge in [-0.25, -0.2) is 0 Å². The van der Waals surface area contributed by atoms with Crippen LogP contribution in [-0.4, -0.2) is 24.3 Å². The highest BCUT2D eigenvalue weighted by Gasteiger charge is 2.48. The summed E-state index contributed by atoms with van der Waals surface area (Å²) in [6, 6.07) is 0.235. The second-order valence-corrected chi connectivity index (χ2v) is 4.41. The van der Waals surface area contributed by atoms with Gasteiger partial charge in [0.2, 0.25) is 0 Å². The summed E-state index contributed by atoms with van der Waals surface area (Å²) in [6.45, 7) is 2.08. The monoisotopic (exact) mass is 193 g/mol. The molecule has 1 aliphatic heterocycles. The lowest BCUT2D eigenvalue weighted by molar-refractivity contribution is 0.251. The van der Waals surface area contributed by atoms with Crippen molar-refractivity contribution in [2.75, 3.05) is 13.1 Å². The third-order valence-corrected chi connectivity index (χ3v) is 3.76. The lowest BCUT2D eigenvalue weighted by Crippen LogP contribution is -2.49. The number of hydrogen-bond donors (Lipinski definition) is 2. The molecule has 3 N–H and O–H groups in total. The van der Waals surface area contributed by atoms with Gasteiger partial charge < -0.3 is 15.6 Å². The number of rotatable bonds is 0. The molecule has 1 saturated heterocycles. The van der Waals surface area contributed by atoms with Crippen LogP contribution in [0.15, 0.2) is 10.8 Å². The van der Waals surface area contributed by atoms with Crippen LogP contribution in [0, 0.1) is 0 Å². The van der Waals surface area contributed by atoms with E-state index in [-0.39, 0.29) is 11.5 Å². The Kier molecular flexibility index (Phi) is 1.69. The van der Waals surface area contributed by atoms with E-state index >= 15 is 0 Å². The van der Waals surface area contributed by atoms with Crippen molar-refractivity contribution < 1.29 is 4.52 Å². The topological polar surface area (TPSA) is 64.1 Å². The fourth-order valence-electron chi connectivity index (χ4n) is 2.90. The molecular weight excluding hydrogens is 178 g/mol. The Hall–Kier alpha value is -0.870. The molecule has 1 fully saturated rings. The minimum Gasteiger partial charge on any atom is -0.364 e. The molecular formula is C10H15N3O. The number of aromatic nitrogens is 1. The standard InChI is InChI=1S/C10H15N3O/c11-8-5-7-6-14-13-9(7)10(8)1-3-12-4-2-10/h6,8,12H,1-5,11H2/t8-/m1/s1. The molecule has 1 aliphatic carbocycles. The summed E-state index contributed by atoms with van der Waals surface area (Å²) in [6.07, 6.45) is 4.87. The molecule has 76 valence electrons. The fourth-order valence-corrected chi connectivity index (χ4v) is 2.90. The van der Waals surface area contributed by atoms with Gasteiger partial charge in [0, 0.05) is 17.0 Å². The number of hydrogen-bond acceptors (Lipinski definition) is 4. The number of nitrogens with two attached hydrogens (primary N) is 1. The Bertz CT molecular complexity index is 341. The summed E-state index contributed by atoms with van der Waals surface area (Å²) < 4.78 is 5.04. The van der Waals surface area contributed by atoms with E-state index in [1.165, 1.54) is 5.56 Å². The highest BCUT2D eigenvalue weighted by atomic mass is 16.5. The molecule has 1 spiro atoms. The van der Waals surface area contributed by atoms with Crippen LogP contribution in [0.1, 0.15) is 24.1 Å². The number of piperidine rings is 1. The van der Waals surface area contributed by atoms with Gasteiger partial charge in [0.1, 0.15) is 6.26 Å². The van der Waals surface area contributed by atoms with Gasteiger partial charge in [-0.1, -0.05) is 5.16 Å². The van der Waals surface area contributed by atoms with Gasteiger partial charge in [0.25, 0.3) is 0 Å². The minimum absolute atomic E-state index is 0.105. The number of fused-ring (bicyclic) bond motifs is 2. The average Bonchev–Trinajstić information content (AvgIpc) is 2.74. The summed E-state index contributed by atoms with van der Waals surface area (Å²) in [5.74, 6) is 0. The molecule has 2 heterocycles. The van der Waals surface area contributed by atoms with E-state index < -0.39 is 0 Å². The highest BCUT2D eigenvalue weighted by Crippen LogP contribution is 2.43. The van der Waals surface area contributed by atoms with Crippen molar-refractivity contribution in [2.45, 2.75) is 30.7 Å². The maximum Gasteiger partial charge on any atom is 0.127 e. The lowest BCUT2D eigenvalue weighted by Gasteiger charge is -2.36. The maximum atomic E-state index is 6.23. The first-order valence-electron chi connectivity index (χ1n) is 5.23. The van der Waals surface area contributed by atoms with Crippen LogP contribution in [-0.2, 0) is 11.8 Å². The summed E-state index contributed by atoms with van der Waals surface area (Å²) in [4.78, 5) is 0. The van der Waals surface area contributed by atoms with E-state index in [1.807, 2.05) is 0 Å². The maximum absolute atomic E-state index is 6.23. The predicted octanol–water partition coefficient (Wildman–Crippen LogP) is 0.179. The molecule has 2 aliphatic rings. The fraction of sp³-hybridized carbons (Fsp3) is 0.700. The second kappa shape index (κ2) is 2.81. The SMILES string of the molecule is N[C@@H]1Cc2conc2C12CCNCC2. The third kappa shape index (κ3) is 0.925. The van der Waals surface area contributed by atoms with Crippen LogP contribution in [0.5, 0.6) is 0 Å². The molecule has 0 bridgehead atoms. The quantitative estimate of drug-likeness (QED) is 0.617. The molecule has 0 aromatic carbocycles. The molecule has 0 saturated carbocycles. The van der Waals surface area contributed by atoms with Crippen LogP contribution in [0.2, 0.25) is 0 Å². The Morgan fingerprint density at radius 1 is 1.50 bits per heavy atom. The van der Waals surface area contributed by atoms with Gasteiger partial charge in [-0.15, -0.1) is 0 Å². The first-order valence-corrected chi connectivity index (χ1v) is 5.23. The molecule has 1 aromatic rings. The average molecular weight is 193 g/mol. The van der Waals surface area contributed by atoms with Gasteiger partial charge in [0.05, 0.1) is 5.69 Å². The Labute approximate surface area is 82.8 Å². The van der Waals surface area contributed by atoms with Gasteiger partial charge in [0.15, 0.2) is 0 Å². The van der Waals surface area contributed by atoms with Gasteiger partial charge in [-0.3, -0.25) is 0 Å². The molecule has 14 heavy (non-hydrogen) atoms. The molecule has 1 aromatic heterocycles. The molecule has 0 amide bonds. The molecule has 3 rings (SSSR count). The second-order valence-electron chi connectivity index (χ2n) is 4.41. The van der Waals surface area contributed by atoms with Crippen molar-refractivity contribution in [3.8, 4) is 0 Å². The van der Waals surface area contributed by atoms with Crippen LogP contribution in [0.25, 0.3) is 0 Å². The van der Waals surface area contributed by atoms with Crippen LogP contribution in [0.3, 0.4) is 0 Å². The van der Waals surface area contributed by atoms with Crippen molar-refractivity contribution in [1.82, 2.24) is 10.5 Å². The Morgan fingerprint density at radius 2 is 2.29 bits per heavy atom. The Morgan fingerprint density at radius 3 is 3.07 bits per heavy atom. The number of nitrogens with one attached hydrogen (secondary N) is 1. The predicted molar refractivity (Wildman–Crippen MR) is 52.0 cm³/mol. The minimum atomic E-state index is 0.105. The van der Waals surface area contributed by atoms with Gasteiger partial charge in [-0.05, 0) is 32.4 Å². The van der Waals surface area contributed by atoms with Crippen LogP contribution < -0.4 is 11.1 Å². The van der Waals surface area contributed by atoms with E-state index in [2.05, 4.69) is 10.5 Å². The molecule has 4 heteroatoms. The first-order chi connectivity index (χ1) is 6.83. The molecule has 1 atom stereocenters. The van der Waals surface area contributed by atoms with Crippen LogP contribution in [0.4, 0.5) is 0 Å². The third-order valence-electron chi connectivity index (χ3n) is 3.76.